The number of anilines is 1. The van der Waals surface area contributed by atoms with Gasteiger partial charge < -0.3 is 14.6 Å². The van der Waals surface area contributed by atoms with Crippen LogP contribution in [0.2, 0.25) is 0 Å². The Hall–Kier alpha value is -4.46. The van der Waals surface area contributed by atoms with Crippen LogP contribution in [0.1, 0.15) is 36.9 Å². The number of halogens is 1. The highest BCUT2D eigenvalue weighted by Crippen LogP contribution is 2.39. The topological polar surface area (TPSA) is 80.5 Å². The smallest absolute Gasteiger partial charge is 0.326 e. The third-order valence-electron chi connectivity index (χ3n) is 6.30. The lowest BCUT2D eigenvalue weighted by atomic mass is 9.93. The van der Waals surface area contributed by atoms with Crippen molar-refractivity contribution >= 4 is 17.3 Å². The molecule has 0 fully saturated rings. The van der Waals surface area contributed by atoms with Crippen LogP contribution < -0.4 is 15.0 Å². The molecule has 1 aliphatic heterocycles. The summed E-state index contributed by atoms with van der Waals surface area (Å²) < 4.78 is 24.4. The van der Waals surface area contributed by atoms with E-state index < -0.39 is 6.04 Å². The average Bonchev–Trinajstić information content (AvgIpc) is 3.39. The van der Waals surface area contributed by atoms with E-state index in [1.807, 2.05) is 43.3 Å². The number of amides is 2. The lowest BCUT2D eigenvalue weighted by molar-refractivity contribution is 0.244. The van der Waals surface area contributed by atoms with Crippen LogP contribution in [0.4, 0.5) is 14.9 Å². The molecule has 0 aliphatic carbocycles. The first-order valence-electron chi connectivity index (χ1n) is 11.6. The molecule has 2 heterocycles. The Morgan fingerprint density at radius 2 is 1.72 bits per heavy atom. The molecule has 4 aromatic rings. The molecule has 5 rings (SSSR count). The number of hydrogen-bond acceptors (Lipinski definition) is 5. The van der Waals surface area contributed by atoms with Gasteiger partial charge in [-0.25, -0.2) is 9.18 Å². The van der Waals surface area contributed by atoms with Gasteiger partial charge in [0, 0.05) is 11.3 Å². The second-order valence-corrected chi connectivity index (χ2v) is 8.44. The Bertz CT molecular complexity index is 1410. The van der Waals surface area contributed by atoms with Gasteiger partial charge >= 0.3 is 6.03 Å². The number of aromatic nitrogens is 2. The summed E-state index contributed by atoms with van der Waals surface area (Å²) in [5.74, 6) is 0.947. The number of aryl methyl sites for hydroxylation is 1. The first-order valence-corrected chi connectivity index (χ1v) is 11.6. The molecule has 0 bridgehead atoms. The Morgan fingerprint density at radius 3 is 2.36 bits per heavy atom. The fourth-order valence-corrected chi connectivity index (χ4v) is 4.31. The van der Waals surface area contributed by atoms with E-state index in [1.165, 1.54) is 17.7 Å². The summed E-state index contributed by atoms with van der Waals surface area (Å²) in [4.78, 5) is 19.5. The zero-order chi connectivity index (χ0) is 25.2. The molecule has 36 heavy (non-hydrogen) atoms. The lowest BCUT2D eigenvalue weighted by Crippen LogP contribution is -2.46. The number of nitrogens with one attached hydrogen (secondary N) is 1. The molecule has 2 amide bonds. The summed E-state index contributed by atoms with van der Waals surface area (Å²) in [6, 6.07) is 20.4. The van der Waals surface area contributed by atoms with E-state index in [-0.39, 0.29) is 17.7 Å². The first kappa shape index (κ1) is 23.3. The summed E-state index contributed by atoms with van der Waals surface area (Å²) >= 11 is 0. The van der Waals surface area contributed by atoms with Crippen LogP contribution in [0.25, 0.3) is 17.0 Å². The molecule has 0 spiro atoms. The Kier molecular flexibility index (Phi) is 6.25. The van der Waals surface area contributed by atoms with Gasteiger partial charge in [0.25, 0.3) is 5.89 Å². The molecule has 1 aromatic heterocycles. The number of benzene rings is 3. The summed E-state index contributed by atoms with van der Waals surface area (Å²) in [5, 5.41) is 7.23. The van der Waals surface area contributed by atoms with E-state index in [2.05, 4.69) is 22.4 Å². The van der Waals surface area contributed by atoms with Crippen molar-refractivity contribution in [1.29, 1.82) is 0 Å². The van der Waals surface area contributed by atoms with Crippen LogP contribution in [0.3, 0.4) is 0 Å². The monoisotopic (exact) mass is 484 g/mol. The molecule has 0 saturated heterocycles. The predicted octanol–water partition coefficient (Wildman–Crippen LogP) is 6.15. The van der Waals surface area contributed by atoms with E-state index in [9.17, 15) is 9.18 Å². The van der Waals surface area contributed by atoms with Crippen LogP contribution in [0.15, 0.2) is 83.0 Å². The molecule has 1 N–H and O–H groups in total. The number of urea groups is 1. The van der Waals surface area contributed by atoms with Gasteiger partial charge in [0.2, 0.25) is 5.82 Å². The minimum Gasteiger partial charge on any atom is -0.497 e. The zero-order valence-electron chi connectivity index (χ0n) is 20.2. The minimum absolute atomic E-state index is 0.273. The SMILES string of the molecule is CCc1ccc(C2NC(=O)N(c3ccc(OC)cc3)C(C)=C2c2nc(-c3ccc(F)cc3)no2)cc1. The van der Waals surface area contributed by atoms with E-state index >= 15 is 0 Å². The molecule has 1 unspecified atom stereocenters. The van der Waals surface area contributed by atoms with Gasteiger partial charge in [0.15, 0.2) is 0 Å². The van der Waals surface area contributed by atoms with Crippen molar-refractivity contribution in [1.82, 2.24) is 15.5 Å². The standard InChI is InChI=1S/C28H25FN4O3/c1-4-18-5-7-19(8-6-18)25-24(27-31-26(32-36-27)20-9-11-21(29)12-10-20)17(2)33(28(34)30-25)22-13-15-23(35-3)16-14-22/h5-16,25H,4H2,1-3H3,(H,30,34). The van der Waals surface area contributed by atoms with Crippen molar-refractivity contribution in [2.75, 3.05) is 12.0 Å². The van der Waals surface area contributed by atoms with Crippen molar-refractivity contribution in [2.45, 2.75) is 26.3 Å². The first-order chi connectivity index (χ1) is 17.5. The maximum Gasteiger partial charge on any atom is 0.326 e. The van der Waals surface area contributed by atoms with Crippen molar-refractivity contribution in [3.05, 3.63) is 101 Å². The van der Waals surface area contributed by atoms with Gasteiger partial charge in [-0.2, -0.15) is 4.98 Å². The summed E-state index contributed by atoms with van der Waals surface area (Å²) in [6.07, 6.45) is 0.912. The Labute approximate surface area is 208 Å². The molecule has 1 atom stereocenters. The highest BCUT2D eigenvalue weighted by Gasteiger charge is 2.36. The molecular weight excluding hydrogens is 459 g/mol. The normalized spacial score (nSPS) is 15.7. The van der Waals surface area contributed by atoms with Crippen molar-refractivity contribution in [3.8, 4) is 17.1 Å². The highest BCUT2D eigenvalue weighted by atomic mass is 19.1. The van der Waals surface area contributed by atoms with Crippen LogP contribution in [0, 0.1) is 5.82 Å². The molecule has 7 nitrogen and oxygen atoms in total. The lowest BCUT2D eigenvalue weighted by Gasteiger charge is -2.35. The highest BCUT2D eigenvalue weighted by molar-refractivity contribution is 6.01. The molecule has 3 aromatic carbocycles. The number of carbonyl (C=O) groups is 1. The zero-order valence-corrected chi connectivity index (χ0v) is 20.2. The number of hydrogen-bond donors (Lipinski definition) is 1. The van der Waals surface area contributed by atoms with Gasteiger partial charge in [0.1, 0.15) is 11.6 Å². The summed E-state index contributed by atoms with van der Waals surface area (Å²) in [7, 11) is 1.59. The van der Waals surface area contributed by atoms with Gasteiger partial charge in [0.05, 0.1) is 24.4 Å². The second-order valence-electron chi connectivity index (χ2n) is 8.44. The molecule has 0 saturated carbocycles. The number of nitrogens with zero attached hydrogens (tertiary/aromatic N) is 3. The van der Waals surface area contributed by atoms with E-state index in [0.29, 0.717) is 34.1 Å². The van der Waals surface area contributed by atoms with Crippen LogP contribution in [-0.4, -0.2) is 23.3 Å². The van der Waals surface area contributed by atoms with Crippen molar-refractivity contribution in [3.63, 3.8) is 0 Å². The third kappa shape index (κ3) is 4.33. The number of carbonyl (C=O) groups excluding carboxylic acids is 1. The number of allylic oxidation sites excluding steroid dienone is 1. The second kappa shape index (κ2) is 9.65. The molecule has 0 radical (unpaired) electrons. The molecule has 8 heteroatoms. The van der Waals surface area contributed by atoms with Crippen LogP contribution in [0.5, 0.6) is 5.75 Å². The fourth-order valence-electron chi connectivity index (χ4n) is 4.31. The molecule has 1 aliphatic rings. The van der Waals surface area contributed by atoms with Crippen molar-refractivity contribution < 1.29 is 18.4 Å². The van der Waals surface area contributed by atoms with Gasteiger partial charge in [-0.3, -0.25) is 4.90 Å². The van der Waals surface area contributed by atoms with Gasteiger partial charge in [-0.15, -0.1) is 0 Å². The van der Waals surface area contributed by atoms with E-state index in [1.54, 1.807) is 36.3 Å². The van der Waals surface area contributed by atoms with Crippen LogP contribution >= 0.6 is 0 Å². The third-order valence-corrected chi connectivity index (χ3v) is 6.30. The summed E-state index contributed by atoms with van der Waals surface area (Å²) in [5.41, 5.74) is 4.71. The van der Waals surface area contributed by atoms with E-state index in [4.69, 9.17) is 9.26 Å². The van der Waals surface area contributed by atoms with Gasteiger partial charge in [-0.05, 0) is 73.0 Å². The molecular formula is C28H25FN4O3. The number of rotatable bonds is 6. The Morgan fingerprint density at radius 1 is 1.03 bits per heavy atom. The minimum atomic E-state index is -0.501. The largest absolute Gasteiger partial charge is 0.497 e. The van der Waals surface area contributed by atoms with Crippen LogP contribution in [-0.2, 0) is 6.42 Å². The predicted molar refractivity (Wildman–Crippen MR) is 135 cm³/mol. The Balaban J connectivity index is 1.62. The maximum atomic E-state index is 13.4. The number of ether oxygens (including phenoxy) is 1. The number of methoxy groups -OCH3 is 1. The summed E-state index contributed by atoms with van der Waals surface area (Å²) in [6.45, 7) is 3.95. The fraction of sp³-hybridized carbons (Fsp3) is 0.179. The van der Waals surface area contributed by atoms with Gasteiger partial charge in [-0.1, -0.05) is 36.3 Å². The van der Waals surface area contributed by atoms with Crippen molar-refractivity contribution in [2.24, 2.45) is 0 Å². The average molecular weight is 485 g/mol. The maximum absolute atomic E-state index is 13.4. The quantitative estimate of drug-likeness (QED) is 0.355. The molecule has 182 valence electrons. The van der Waals surface area contributed by atoms with E-state index in [0.717, 1.165) is 12.0 Å².